The summed E-state index contributed by atoms with van der Waals surface area (Å²) in [7, 11) is 2.21. The number of ether oxygens (including phenoxy) is 1. The average molecular weight is 281 g/mol. The van der Waals surface area contributed by atoms with Gasteiger partial charge in [-0.15, -0.1) is 0 Å². The zero-order valence-electron chi connectivity index (χ0n) is 13.2. The van der Waals surface area contributed by atoms with Crippen molar-refractivity contribution in [2.75, 3.05) is 46.4 Å². The molecular weight excluding hydrogens is 250 g/mol. The van der Waals surface area contributed by atoms with Crippen molar-refractivity contribution in [3.63, 3.8) is 0 Å². The quantitative estimate of drug-likeness (QED) is 0.844. The van der Waals surface area contributed by atoms with Gasteiger partial charge in [0, 0.05) is 44.3 Å². The van der Waals surface area contributed by atoms with Crippen LogP contribution in [0, 0.1) is 0 Å². The first-order chi connectivity index (χ1) is 9.71. The number of hydrogen-bond acceptors (Lipinski definition) is 4. The van der Waals surface area contributed by atoms with E-state index in [9.17, 15) is 0 Å². The Morgan fingerprint density at radius 1 is 1.30 bits per heavy atom. The minimum Gasteiger partial charge on any atom is -0.374 e. The fourth-order valence-corrected chi connectivity index (χ4v) is 4.28. The maximum absolute atomic E-state index is 5.99. The van der Waals surface area contributed by atoms with E-state index in [0.717, 1.165) is 26.2 Å². The van der Waals surface area contributed by atoms with Crippen molar-refractivity contribution in [2.24, 2.45) is 0 Å². The Labute approximate surface area is 123 Å². The van der Waals surface area contributed by atoms with Crippen molar-refractivity contribution in [1.82, 2.24) is 15.1 Å². The lowest BCUT2D eigenvalue weighted by Gasteiger charge is -2.47. The van der Waals surface area contributed by atoms with Crippen LogP contribution in [-0.2, 0) is 4.74 Å². The number of hydrogen-bond donors (Lipinski definition) is 1. The lowest BCUT2D eigenvalue weighted by atomic mass is 9.91. The van der Waals surface area contributed by atoms with E-state index in [1.807, 2.05) is 0 Å². The summed E-state index contributed by atoms with van der Waals surface area (Å²) in [5.74, 6) is 0. The number of morpholine rings is 1. The Morgan fingerprint density at radius 3 is 2.80 bits per heavy atom. The molecule has 1 saturated carbocycles. The van der Waals surface area contributed by atoms with E-state index in [2.05, 4.69) is 29.1 Å². The first kappa shape index (κ1) is 14.8. The van der Waals surface area contributed by atoms with Gasteiger partial charge < -0.3 is 15.0 Å². The molecule has 3 fully saturated rings. The van der Waals surface area contributed by atoms with Crippen molar-refractivity contribution in [2.45, 2.75) is 56.7 Å². The minimum absolute atomic E-state index is 0.402. The Balaban J connectivity index is 1.61. The summed E-state index contributed by atoms with van der Waals surface area (Å²) in [5.41, 5.74) is 0.423. The van der Waals surface area contributed by atoms with Gasteiger partial charge in [-0.25, -0.2) is 0 Å². The van der Waals surface area contributed by atoms with Gasteiger partial charge in [0.1, 0.15) is 0 Å². The molecule has 3 rings (SSSR count). The Morgan fingerprint density at radius 2 is 2.10 bits per heavy atom. The number of likely N-dealkylation sites (N-methyl/N-ethyl adjacent to an activating group) is 1. The van der Waals surface area contributed by atoms with Gasteiger partial charge in [0.2, 0.25) is 0 Å². The van der Waals surface area contributed by atoms with Gasteiger partial charge in [-0.1, -0.05) is 19.8 Å². The van der Waals surface area contributed by atoms with E-state index >= 15 is 0 Å². The van der Waals surface area contributed by atoms with Crippen LogP contribution in [0.1, 0.15) is 39.0 Å². The summed E-state index contributed by atoms with van der Waals surface area (Å²) in [6.07, 6.45) is 7.18. The summed E-state index contributed by atoms with van der Waals surface area (Å²) < 4.78 is 5.99. The van der Waals surface area contributed by atoms with E-state index in [1.54, 1.807) is 0 Å². The first-order valence-electron chi connectivity index (χ1n) is 8.50. The molecular formula is C16H31N3O. The Bertz CT molecular complexity index is 317. The maximum Gasteiger partial charge on any atom is 0.0829 e. The molecule has 0 bridgehead atoms. The lowest BCUT2D eigenvalue weighted by molar-refractivity contribution is -0.0521. The molecule has 2 aliphatic heterocycles. The molecule has 2 saturated heterocycles. The topological polar surface area (TPSA) is 27.7 Å². The predicted molar refractivity (Wildman–Crippen MR) is 82.1 cm³/mol. The number of piperazine rings is 1. The third kappa shape index (κ3) is 3.19. The van der Waals surface area contributed by atoms with Gasteiger partial charge in [-0.05, 0) is 26.3 Å². The summed E-state index contributed by atoms with van der Waals surface area (Å²) in [5, 5.41) is 3.88. The standard InChI is InChI=1S/C16H31N3O/c1-3-14-10-17-16(6-4-5-7-16)13-19(14)12-15-11-18(2)8-9-20-15/h14-15,17H,3-13H2,1-2H3. The molecule has 0 amide bonds. The van der Waals surface area contributed by atoms with Crippen molar-refractivity contribution >= 4 is 0 Å². The van der Waals surface area contributed by atoms with E-state index in [0.29, 0.717) is 17.7 Å². The smallest absolute Gasteiger partial charge is 0.0829 e. The number of rotatable bonds is 3. The van der Waals surface area contributed by atoms with Crippen molar-refractivity contribution in [3.05, 3.63) is 0 Å². The highest BCUT2D eigenvalue weighted by Crippen LogP contribution is 2.33. The van der Waals surface area contributed by atoms with Crippen LogP contribution in [0.5, 0.6) is 0 Å². The molecule has 0 aromatic carbocycles. The summed E-state index contributed by atoms with van der Waals surface area (Å²) in [6.45, 7) is 8.90. The molecule has 1 N–H and O–H groups in total. The molecule has 1 spiro atoms. The highest BCUT2D eigenvalue weighted by Gasteiger charge is 2.41. The summed E-state index contributed by atoms with van der Waals surface area (Å²) in [6, 6.07) is 0.692. The van der Waals surface area contributed by atoms with E-state index in [1.165, 1.54) is 45.2 Å². The Hall–Kier alpha value is -0.160. The second-order valence-corrected chi connectivity index (χ2v) is 7.11. The Kier molecular flexibility index (Phi) is 4.65. The molecule has 4 heteroatoms. The molecule has 0 radical (unpaired) electrons. The molecule has 20 heavy (non-hydrogen) atoms. The third-order valence-electron chi connectivity index (χ3n) is 5.55. The zero-order chi connectivity index (χ0) is 14.0. The van der Waals surface area contributed by atoms with Crippen LogP contribution in [0.2, 0.25) is 0 Å². The molecule has 116 valence electrons. The average Bonchev–Trinajstić information content (AvgIpc) is 2.87. The van der Waals surface area contributed by atoms with Crippen LogP contribution < -0.4 is 5.32 Å². The van der Waals surface area contributed by atoms with Crippen LogP contribution >= 0.6 is 0 Å². The van der Waals surface area contributed by atoms with E-state index in [4.69, 9.17) is 4.74 Å². The second-order valence-electron chi connectivity index (χ2n) is 7.11. The van der Waals surface area contributed by atoms with Crippen LogP contribution in [0.4, 0.5) is 0 Å². The van der Waals surface area contributed by atoms with Gasteiger partial charge in [0.05, 0.1) is 12.7 Å². The number of nitrogens with zero attached hydrogens (tertiary/aromatic N) is 2. The van der Waals surface area contributed by atoms with Crippen LogP contribution in [-0.4, -0.2) is 73.9 Å². The highest BCUT2D eigenvalue weighted by molar-refractivity contribution is 5.01. The van der Waals surface area contributed by atoms with E-state index in [-0.39, 0.29) is 0 Å². The largest absolute Gasteiger partial charge is 0.374 e. The fourth-order valence-electron chi connectivity index (χ4n) is 4.28. The predicted octanol–water partition coefficient (Wildman–Crippen LogP) is 1.31. The van der Waals surface area contributed by atoms with E-state index < -0.39 is 0 Å². The highest BCUT2D eigenvalue weighted by atomic mass is 16.5. The normalized spacial score (nSPS) is 35.7. The summed E-state index contributed by atoms with van der Waals surface area (Å²) in [4.78, 5) is 5.13. The van der Waals surface area contributed by atoms with Crippen molar-refractivity contribution < 1.29 is 4.74 Å². The first-order valence-corrected chi connectivity index (χ1v) is 8.50. The monoisotopic (exact) mass is 281 g/mol. The van der Waals surface area contributed by atoms with Gasteiger partial charge in [-0.2, -0.15) is 0 Å². The molecule has 2 unspecified atom stereocenters. The minimum atomic E-state index is 0.402. The zero-order valence-corrected chi connectivity index (χ0v) is 13.2. The summed E-state index contributed by atoms with van der Waals surface area (Å²) >= 11 is 0. The van der Waals surface area contributed by atoms with Crippen molar-refractivity contribution in [1.29, 1.82) is 0 Å². The molecule has 0 aromatic rings. The van der Waals surface area contributed by atoms with Crippen LogP contribution in [0.3, 0.4) is 0 Å². The van der Waals surface area contributed by atoms with Gasteiger partial charge in [0.25, 0.3) is 0 Å². The molecule has 2 atom stereocenters. The molecule has 2 heterocycles. The van der Waals surface area contributed by atoms with Gasteiger partial charge >= 0.3 is 0 Å². The third-order valence-corrected chi connectivity index (χ3v) is 5.55. The van der Waals surface area contributed by atoms with Crippen LogP contribution in [0.15, 0.2) is 0 Å². The number of nitrogens with one attached hydrogen (secondary N) is 1. The fraction of sp³-hybridized carbons (Fsp3) is 1.00. The second kappa shape index (κ2) is 6.30. The van der Waals surface area contributed by atoms with Crippen molar-refractivity contribution in [3.8, 4) is 0 Å². The van der Waals surface area contributed by atoms with Crippen LogP contribution in [0.25, 0.3) is 0 Å². The molecule has 0 aromatic heterocycles. The molecule has 1 aliphatic carbocycles. The lowest BCUT2D eigenvalue weighted by Crippen LogP contribution is -2.64. The van der Waals surface area contributed by atoms with Gasteiger partial charge in [0.15, 0.2) is 0 Å². The maximum atomic E-state index is 5.99. The van der Waals surface area contributed by atoms with Gasteiger partial charge in [-0.3, -0.25) is 4.90 Å². The SMILES string of the molecule is CCC1CNC2(CCCC2)CN1CC1CN(C)CCO1. The molecule has 3 aliphatic rings. The molecule has 4 nitrogen and oxygen atoms in total.